The first-order chi connectivity index (χ1) is 13.0. The fourth-order valence-corrected chi connectivity index (χ4v) is 2.22. The first-order valence-corrected chi connectivity index (χ1v) is 9.09. The summed E-state index contributed by atoms with van der Waals surface area (Å²) in [6.07, 6.45) is 1.14. The molecule has 0 saturated carbocycles. The summed E-state index contributed by atoms with van der Waals surface area (Å²) in [5, 5.41) is 5.23. The van der Waals surface area contributed by atoms with E-state index in [1.165, 1.54) is 5.56 Å². The lowest BCUT2D eigenvalue weighted by molar-refractivity contribution is -0.128. The molecule has 0 aliphatic carbocycles. The van der Waals surface area contributed by atoms with Crippen molar-refractivity contribution < 1.29 is 9.59 Å². The Hall–Kier alpha value is -2.70. The molecule has 0 aromatic heterocycles. The number of nitrogens with two attached hydrogens (primary N) is 2. The van der Waals surface area contributed by atoms with Crippen LogP contribution in [0.3, 0.4) is 0 Å². The smallest absolute Gasteiger partial charge is 0.242 e. The van der Waals surface area contributed by atoms with Gasteiger partial charge in [0.05, 0.1) is 6.54 Å². The zero-order chi connectivity index (χ0) is 20.1. The lowest BCUT2D eigenvalue weighted by Gasteiger charge is -2.13. The molecule has 2 rings (SSSR count). The van der Waals surface area contributed by atoms with E-state index in [2.05, 4.69) is 41.8 Å². The Bertz CT molecular complexity index is 687. The number of benzene rings is 2. The summed E-state index contributed by atoms with van der Waals surface area (Å²) in [7, 11) is 0. The number of carbonyl (C=O) groups excluding carboxylic acids is 2. The van der Waals surface area contributed by atoms with Crippen LogP contribution < -0.4 is 22.1 Å². The van der Waals surface area contributed by atoms with Gasteiger partial charge in [0.2, 0.25) is 11.8 Å². The molecular formula is C21H30N4O2. The molecule has 0 aliphatic heterocycles. The van der Waals surface area contributed by atoms with Gasteiger partial charge in [-0.25, -0.2) is 0 Å². The predicted molar refractivity (Wildman–Crippen MR) is 109 cm³/mol. The van der Waals surface area contributed by atoms with Crippen molar-refractivity contribution in [2.24, 2.45) is 11.5 Å². The van der Waals surface area contributed by atoms with E-state index in [9.17, 15) is 9.59 Å². The summed E-state index contributed by atoms with van der Waals surface area (Å²) < 4.78 is 0. The monoisotopic (exact) mass is 370 g/mol. The summed E-state index contributed by atoms with van der Waals surface area (Å²) in [6.45, 7) is 4.55. The largest absolute Gasteiger partial charge is 0.350 e. The zero-order valence-corrected chi connectivity index (χ0v) is 16.1. The Morgan fingerprint density at radius 2 is 1.52 bits per heavy atom. The highest BCUT2D eigenvalue weighted by atomic mass is 16.2. The fourth-order valence-electron chi connectivity index (χ4n) is 2.22. The predicted octanol–water partition coefficient (Wildman–Crippen LogP) is 1.47. The van der Waals surface area contributed by atoms with Gasteiger partial charge in [0.1, 0.15) is 6.04 Å². The van der Waals surface area contributed by atoms with Gasteiger partial charge in [-0.15, -0.1) is 0 Å². The maximum atomic E-state index is 11.7. The Balaban J connectivity index is 0.000000377. The normalized spacial score (nSPS) is 11.0. The maximum Gasteiger partial charge on any atom is 0.242 e. The molecule has 0 fully saturated rings. The fraction of sp³-hybridized carbons (Fsp3) is 0.333. The van der Waals surface area contributed by atoms with Crippen LogP contribution in [0.4, 0.5) is 0 Å². The Morgan fingerprint density at radius 1 is 0.926 bits per heavy atom. The van der Waals surface area contributed by atoms with Gasteiger partial charge >= 0.3 is 0 Å². The Morgan fingerprint density at radius 3 is 2.00 bits per heavy atom. The molecule has 0 heterocycles. The van der Waals surface area contributed by atoms with E-state index in [0.29, 0.717) is 13.1 Å². The van der Waals surface area contributed by atoms with Crippen molar-refractivity contribution in [1.29, 1.82) is 0 Å². The van der Waals surface area contributed by atoms with Gasteiger partial charge in [0.15, 0.2) is 0 Å². The van der Waals surface area contributed by atoms with E-state index in [-0.39, 0.29) is 18.4 Å². The summed E-state index contributed by atoms with van der Waals surface area (Å²) in [6, 6.07) is 17.5. The number of rotatable bonds is 7. The van der Waals surface area contributed by atoms with Crippen molar-refractivity contribution in [2.45, 2.75) is 39.4 Å². The molecule has 0 aliphatic rings. The standard InChI is InChI=1S/C13H20N4O2.C8H10/c1-9(17-12(18)7-15)13(19)16-8-11-4-2-10(6-14)3-5-11;1-2-8-6-4-3-5-7-8/h2-5,9H,6-8,14-15H2,1H3,(H,16,19)(H,17,18);3-7H,2H2,1H3. The van der Waals surface area contributed by atoms with Gasteiger partial charge in [0, 0.05) is 13.1 Å². The molecule has 6 N–H and O–H groups in total. The highest BCUT2D eigenvalue weighted by Gasteiger charge is 2.13. The summed E-state index contributed by atoms with van der Waals surface area (Å²) in [5.41, 5.74) is 14.1. The zero-order valence-electron chi connectivity index (χ0n) is 16.1. The minimum absolute atomic E-state index is 0.127. The van der Waals surface area contributed by atoms with E-state index in [1.807, 2.05) is 30.3 Å². The first kappa shape index (κ1) is 22.3. The molecule has 1 unspecified atom stereocenters. The van der Waals surface area contributed by atoms with Gasteiger partial charge < -0.3 is 22.1 Å². The van der Waals surface area contributed by atoms with Crippen LogP contribution in [0.1, 0.15) is 30.5 Å². The second-order valence-corrected chi connectivity index (χ2v) is 6.07. The Kier molecular flexibility index (Phi) is 10.4. The van der Waals surface area contributed by atoms with Crippen LogP contribution in [0, 0.1) is 0 Å². The van der Waals surface area contributed by atoms with Gasteiger partial charge in [-0.2, -0.15) is 0 Å². The third kappa shape index (κ3) is 8.99. The molecule has 27 heavy (non-hydrogen) atoms. The average Bonchev–Trinajstić information content (AvgIpc) is 2.73. The van der Waals surface area contributed by atoms with E-state index in [4.69, 9.17) is 11.5 Å². The molecule has 0 saturated heterocycles. The highest BCUT2D eigenvalue weighted by Crippen LogP contribution is 2.03. The van der Waals surface area contributed by atoms with Crippen LogP contribution >= 0.6 is 0 Å². The molecule has 6 heteroatoms. The molecule has 1 atom stereocenters. The highest BCUT2D eigenvalue weighted by molar-refractivity contribution is 5.87. The second kappa shape index (κ2) is 12.6. The van der Waals surface area contributed by atoms with Crippen LogP contribution in [-0.2, 0) is 29.1 Å². The average molecular weight is 370 g/mol. The molecule has 2 aromatic rings. The molecular weight excluding hydrogens is 340 g/mol. The van der Waals surface area contributed by atoms with Gasteiger partial charge in [-0.3, -0.25) is 9.59 Å². The summed E-state index contributed by atoms with van der Waals surface area (Å²) in [5.74, 6) is -0.598. The quantitative estimate of drug-likeness (QED) is 0.591. The number of aryl methyl sites for hydroxylation is 1. The third-order valence-corrected chi connectivity index (χ3v) is 3.93. The van der Waals surface area contributed by atoms with Crippen molar-refractivity contribution in [2.75, 3.05) is 6.54 Å². The first-order valence-electron chi connectivity index (χ1n) is 9.09. The number of hydrogen-bond donors (Lipinski definition) is 4. The van der Waals surface area contributed by atoms with E-state index < -0.39 is 6.04 Å². The molecule has 2 aromatic carbocycles. The molecule has 6 nitrogen and oxygen atoms in total. The van der Waals surface area contributed by atoms with Gasteiger partial charge in [-0.1, -0.05) is 61.5 Å². The Labute approximate surface area is 161 Å². The topological polar surface area (TPSA) is 110 Å². The number of amides is 2. The molecule has 0 spiro atoms. The van der Waals surface area contributed by atoms with Crippen molar-refractivity contribution >= 4 is 11.8 Å². The van der Waals surface area contributed by atoms with Crippen LogP contribution in [-0.4, -0.2) is 24.4 Å². The lowest BCUT2D eigenvalue weighted by atomic mass is 10.1. The number of carbonyl (C=O) groups is 2. The van der Waals surface area contributed by atoms with Crippen LogP contribution in [0.25, 0.3) is 0 Å². The lowest BCUT2D eigenvalue weighted by Crippen LogP contribution is -2.46. The van der Waals surface area contributed by atoms with Crippen LogP contribution in [0.5, 0.6) is 0 Å². The van der Waals surface area contributed by atoms with Gasteiger partial charge in [-0.05, 0) is 30.0 Å². The van der Waals surface area contributed by atoms with Crippen molar-refractivity contribution in [3.05, 3.63) is 71.3 Å². The summed E-state index contributed by atoms with van der Waals surface area (Å²) in [4.78, 5) is 22.7. The van der Waals surface area contributed by atoms with E-state index in [0.717, 1.165) is 17.5 Å². The SMILES string of the molecule is CC(NC(=O)CN)C(=O)NCc1ccc(CN)cc1.CCc1ccccc1. The van der Waals surface area contributed by atoms with Gasteiger partial charge in [0.25, 0.3) is 0 Å². The van der Waals surface area contributed by atoms with Crippen molar-refractivity contribution in [3.8, 4) is 0 Å². The van der Waals surface area contributed by atoms with Crippen LogP contribution in [0.2, 0.25) is 0 Å². The molecule has 146 valence electrons. The number of nitrogens with one attached hydrogen (secondary N) is 2. The van der Waals surface area contributed by atoms with Crippen molar-refractivity contribution in [1.82, 2.24) is 10.6 Å². The minimum Gasteiger partial charge on any atom is -0.350 e. The van der Waals surface area contributed by atoms with E-state index in [1.54, 1.807) is 6.92 Å². The molecule has 0 radical (unpaired) electrons. The third-order valence-electron chi connectivity index (χ3n) is 3.93. The minimum atomic E-state index is -0.598. The van der Waals surface area contributed by atoms with Crippen molar-refractivity contribution in [3.63, 3.8) is 0 Å². The van der Waals surface area contributed by atoms with Crippen LogP contribution in [0.15, 0.2) is 54.6 Å². The van der Waals surface area contributed by atoms with E-state index >= 15 is 0 Å². The summed E-state index contributed by atoms with van der Waals surface area (Å²) >= 11 is 0. The maximum absolute atomic E-state index is 11.7. The molecule has 2 amide bonds. The number of hydrogen-bond acceptors (Lipinski definition) is 4. The molecule has 0 bridgehead atoms. The second-order valence-electron chi connectivity index (χ2n) is 6.07.